The van der Waals surface area contributed by atoms with E-state index in [1.165, 1.54) is 37.8 Å². The Hall–Kier alpha value is -3.03. The summed E-state index contributed by atoms with van der Waals surface area (Å²) in [6.07, 6.45) is 8.17. The molecule has 0 aromatic heterocycles. The highest BCUT2D eigenvalue weighted by Crippen LogP contribution is 2.38. The van der Waals surface area contributed by atoms with Crippen molar-refractivity contribution >= 4 is 52.8 Å². The number of halogens is 2. The molecule has 0 atom stereocenters. The number of hydrogen-bond donors (Lipinski definition) is 1. The van der Waals surface area contributed by atoms with Crippen LogP contribution in [0, 0.1) is 0 Å². The van der Waals surface area contributed by atoms with E-state index >= 15 is 0 Å². The second kappa shape index (κ2) is 13.3. The molecule has 7 nitrogen and oxygen atoms in total. The maximum Gasteiger partial charge on any atom is 0.335 e. The molecule has 36 heavy (non-hydrogen) atoms. The summed E-state index contributed by atoms with van der Waals surface area (Å²) in [6, 6.07) is 8.64. The van der Waals surface area contributed by atoms with E-state index in [9.17, 15) is 14.4 Å². The van der Waals surface area contributed by atoms with Gasteiger partial charge in [0.2, 0.25) is 0 Å². The summed E-state index contributed by atoms with van der Waals surface area (Å²) in [5.74, 6) is -0.747. The Bertz CT molecular complexity index is 1150. The van der Waals surface area contributed by atoms with Crippen molar-refractivity contribution in [3.05, 3.63) is 57.6 Å². The van der Waals surface area contributed by atoms with Gasteiger partial charge in [0.1, 0.15) is 5.57 Å². The molecule has 0 unspecified atom stereocenters. The summed E-state index contributed by atoms with van der Waals surface area (Å²) < 4.78 is 11.7. The van der Waals surface area contributed by atoms with E-state index in [0.29, 0.717) is 40.3 Å². The van der Waals surface area contributed by atoms with Gasteiger partial charge in [0, 0.05) is 5.02 Å². The minimum absolute atomic E-state index is 0.228. The smallest absolute Gasteiger partial charge is 0.335 e. The number of rotatable bonds is 12. The summed E-state index contributed by atoms with van der Waals surface area (Å²) in [5.41, 5.74) is 0.470. The molecule has 4 amide bonds. The molecule has 1 N–H and O–H groups in total. The van der Waals surface area contributed by atoms with E-state index in [0.717, 1.165) is 17.7 Å². The van der Waals surface area contributed by atoms with Crippen molar-refractivity contribution < 1.29 is 23.9 Å². The number of nitrogens with one attached hydrogen (secondary N) is 1. The Balaban J connectivity index is 1.82. The highest BCUT2D eigenvalue weighted by molar-refractivity contribution is 6.39. The van der Waals surface area contributed by atoms with Crippen molar-refractivity contribution in [2.24, 2.45) is 0 Å². The van der Waals surface area contributed by atoms with E-state index in [1.807, 2.05) is 6.92 Å². The van der Waals surface area contributed by atoms with Gasteiger partial charge in [-0.25, -0.2) is 9.69 Å². The SMILES string of the molecule is CCCCCCCCOc1c(Cl)cc(/C=C2\C(=O)NC(=O)N(c3cccc(Cl)c3)C2=O)cc1OCC. The lowest BCUT2D eigenvalue weighted by Crippen LogP contribution is -2.54. The molecular weight excluding hydrogens is 503 g/mol. The van der Waals surface area contributed by atoms with Gasteiger partial charge < -0.3 is 9.47 Å². The summed E-state index contributed by atoms with van der Waals surface area (Å²) in [5, 5.41) is 2.84. The predicted molar refractivity (Wildman–Crippen MR) is 142 cm³/mol. The van der Waals surface area contributed by atoms with Gasteiger partial charge in [-0.3, -0.25) is 14.9 Å². The van der Waals surface area contributed by atoms with Crippen LogP contribution in [0.1, 0.15) is 57.9 Å². The maximum absolute atomic E-state index is 13.1. The van der Waals surface area contributed by atoms with Gasteiger partial charge in [0.15, 0.2) is 11.5 Å². The van der Waals surface area contributed by atoms with Gasteiger partial charge in [0.25, 0.3) is 11.8 Å². The van der Waals surface area contributed by atoms with Crippen molar-refractivity contribution in [2.75, 3.05) is 18.1 Å². The topological polar surface area (TPSA) is 84.9 Å². The fourth-order valence-corrected chi connectivity index (χ4v) is 4.26. The number of hydrogen-bond acceptors (Lipinski definition) is 5. The maximum atomic E-state index is 13.1. The molecule has 0 bridgehead atoms. The lowest BCUT2D eigenvalue weighted by molar-refractivity contribution is -0.122. The number of carbonyl (C=O) groups is 3. The van der Waals surface area contributed by atoms with Crippen LogP contribution in [-0.2, 0) is 9.59 Å². The number of nitrogens with zero attached hydrogens (tertiary/aromatic N) is 1. The second-order valence-electron chi connectivity index (χ2n) is 8.32. The number of ether oxygens (including phenoxy) is 2. The van der Waals surface area contributed by atoms with Crippen molar-refractivity contribution in [3.63, 3.8) is 0 Å². The predicted octanol–water partition coefficient (Wildman–Crippen LogP) is 6.80. The zero-order valence-electron chi connectivity index (χ0n) is 20.4. The Labute approximate surface area is 221 Å². The Morgan fingerprint density at radius 2 is 1.69 bits per heavy atom. The zero-order chi connectivity index (χ0) is 26.1. The third kappa shape index (κ3) is 7.02. The first-order valence-corrected chi connectivity index (χ1v) is 12.9. The van der Waals surface area contributed by atoms with Crippen LogP contribution in [0.2, 0.25) is 10.0 Å². The minimum Gasteiger partial charge on any atom is -0.490 e. The van der Waals surface area contributed by atoms with E-state index in [1.54, 1.807) is 30.3 Å². The molecule has 0 radical (unpaired) electrons. The number of carbonyl (C=O) groups excluding carboxylic acids is 3. The van der Waals surface area contributed by atoms with Crippen LogP contribution in [0.15, 0.2) is 42.0 Å². The average Bonchev–Trinajstić information content (AvgIpc) is 2.82. The van der Waals surface area contributed by atoms with E-state index in [-0.39, 0.29) is 11.3 Å². The summed E-state index contributed by atoms with van der Waals surface area (Å²) in [7, 11) is 0. The van der Waals surface area contributed by atoms with Crippen LogP contribution in [0.4, 0.5) is 10.5 Å². The van der Waals surface area contributed by atoms with E-state index in [4.69, 9.17) is 32.7 Å². The van der Waals surface area contributed by atoms with Gasteiger partial charge in [-0.15, -0.1) is 0 Å². The summed E-state index contributed by atoms with van der Waals surface area (Å²) in [6.45, 7) is 4.90. The quantitative estimate of drug-likeness (QED) is 0.184. The molecular formula is C27H30Cl2N2O5. The average molecular weight is 533 g/mol. The third-order valence-corrected chi connectivity index (χ3v) is 6.07. The van der Waals surface area contributed by atoms with Crippen molar-refractivity contribution in [3.8, 4) is 11.5 Å². The number of imide groups is 2. The van der Waals surface area contributed by atoms with Crippen LogP contribution in [0.3, 0.4) is 0 Å². The first-order valence-electron chi connectivity index (χ1n) is 12.1. The van der Waals surface area contributed by atoms with Gasteiger partial charge in [0.05, 0.1) is 23.9 Å². The normalized spacial score (nSPS) is 14.8. The van der Waals surface area contributed by atoms with Crippen LogP contribution < -0.4 is 19.7 Å². The van der Waals surface area contributed by atoms with Crippen LogP contribution in [0.5, 0.6) is 11.5 Å². The largest absolute Gasteiger partial charge is 0.490 e. The van der Waals surface area contributed by atoms with Gasteiger partial charge in [-0.1, -0.05) is 68.3 Å². The molecule has 1 aliphatic heterocycles. The van der Waals surface area contributed by atoms with E-state index in [2.05, 4.69) is 12.2 Å². The fraction of sp³-hybridized carbons (Fsp3) is 0.370. The first-order chi connectivity index (χ1) is 17.3. The molecule has 1 aliphatic rings. The van der Waals surface area contributed by atoms with Crippen molar-refractivity contribution in [1.82, 2.24) is 5.32 Å². The number of anilines is 1. The molecule has 2 aromatic carbocycles. The Morgan fingerprint density at radius 1 is 0.944 bits per heavy atom. The van der Waals surface area contributed by atoms with Gasteiger partial charge in [-0.2, -0.15) is 0 Å². The fourth-order valence-electron chi connectivity index (χ4n) is 3.80. The molecule has 2 aromatic rings. The van der Waals surface area contributed by atoms with Crippen LogP contribution in [0.25, 0.3) is 6.08 Å². The summed E-state index contributed by atoms with van der Waals surface area (Å²) in [4.78, 5) is 38.9. The molecule has 192 valence electrons. The van der Waals surface area contributed by atoms with E-state index < -0.39 is 17.8 Å². The molecule has 1 heterocycles. The standard InChI is InChI=1S/C27H30Cl2N2O5/c1-3-5-6-7-8-9-13-36-24-22(29)15-18(16-23(24)35-4-2)14-21-25(32)30-27(34)31(26(21)33)20-12-10-11-19(28)17-20/h10-12,14-17H,3-9,13H2,1-2H3,(H,30,32,34)/b21-14+. The Kier molecular flexibility index (Phi) is 10.2. The highest BCUT2D eigenvalue weighted by atomic mass is 35.5. The third-order valence-electron chi connectivity index (χ3n) is 5.56. The summed E-state index contributed by atoms with van der Waals surface area (Å²) >= 11 is 12.5. The molecule has 0 spiro atoms. The lowest BCUT2D eigenvalue weighted by atomic mass is 10.1. The highest BCUT2D eigenvalue weighted by Gasteiger charge is 2.37. The molecule has 0 aliphatic carbocycles. The lowest BCUT2D eigenvalue weighted by Gasteiger charge is -2.26. The molecule has 0 saturated carbocycles. The van der Waals surface area contributed by atoms with Crippen molar-refractivity contribution in [2.45, 2.75) is 52.4 Å². The molecule has 1 fully saturated rings. The van der Waals surface area contributed by atoms with Crippen molar-refractivity contribution in [1.29, 1.82) is 0 Å². The number of amides is 4. The Morgan fingerprint density at radius 3 is 2.42 bits per heavy atom. The number of benzene rings is 2. The molecule has 3 rings (SSSR count). The van der Waals surface area contributed by atoms with Gasteiger partial charge in [-0.05, 0) is 55.3 Å². The first kappa shape index (κ1) is 27.6. The van der Waals surface area contributed by atoms with Crippen LogP contribution in [-0.4, -0.2) is 31.1 Å². The number of urea groups is 1. The van der Waals surface area contributed by atoms with Gasteiger partial charge >= 0.3 is 6.03 Å². The molecule has 9 heteroatoms. The minimum atomic E-state index is -0.851. The zero-order valence-corrected chi connectivity index (χ0v) is 22.0. The monoisotopic (exact) mass is 532 g/mol. The second-order valence-corrected chi connectivity index (χ2v) is 9.16. The van der Waals surface area contributed by atoms with Crippen LogP contribution >= 0.6 is 23.2 Å². The number of barbiturate groups is 1. The number of unbranched alkanes of at least 4 members (excludes halogenated alkanes) is 5. The molecule has 1 saturated heterocycles.